The van der Waals surface area contributed by atoms with Crippen LogP contribution in [0.1, 0.15) is 11.5 Å². The molecule has 0 unspecified atom stereocenters. The van der Waals surface area contributed by atoms with E-state index >= 15 is 0 Å². The van der Waals surface area contributed by atoms with Gasteiger partial charge in [0.15, 0.2) is 0 Å². The van der Waals surface area contributed by atoms with Crippen molar-refractivity contribution in [2.24, 2.45) is 5.14 Å². The lowest BCUT2D eigenvalue weighted by Crippen LogP contribution is -2.12. The summed E-state index contributed by atoms with van der Waals surface area (Å²) < 4.78 is 30.0. The average Bonchev–Trinajstić information content (AvgIpc) is 3.04. The predicted molar refractivity (Wildman–Crippen MR) is 86.4 cm³/mol. The Morgan fingerprint density at radius 3 is 2.91 bits per heavy atom. The van der Waals surface area contributed by atoms with Crippen LogP contribution in [-0.4, -0.2) is 23.0 Å². The number of hydrogen-bond acceptors (Lipinski definition) is 5. The third-order valence-corrected chi connectivity index (χ3v) is 4.61. The van der Waals surface area contributed by atoms with E-state index < -0.39 is 10.0 Å². The quantitative estimate of drug-likeness (QED) is 0.726. The zero-order valence-electron chi connectivity index (χ0n) is 12.1. The van der Waals surface area contributed by atoms with Crippen molar-refractivity contribution in [2.75, 3.05) is 0 Å². The molecule has 3 heterocycles. The van der Waals surface area contributed by atoms with E-state index in [-0.39, 0.29) is 10.7 Å². The molecular weight excluding hydrogens is 340 g/mol. The minimum absolute atomic E-state index is 0.0110. The Bertz CT molecular complexity index is 1000. The second-order valence-corrected chi connectivity index (χ2v) is 6.77. The number of nitrogens with two attached hydrogens (primary N) is 1. The van der Waals surface area contributed by atoms with E-state index in [1.165, 1.54) is 12.4 Å². The summed E-state index contributed by atoms with van der Waals surface area (Å²) in [4.78, 5) is 8.10. The summed E-state index contributed by atoms with van der Waals surface area (Å²) in [5.41, 5.74) is 0.718. The maximum Gasteiger partial charge on any atom is 0.241 e. The third kappa shape index (κ3) is 3.14. The van der Waals surface area contributed by atoms with Crippen LogP contribution in [0.4, 0.5) is 0 Å². The zero-order valence-corrected chi connectivity index (χ0v) is 13.7. The molecule has 2 N–H and O–H groups in total. The van der Waals surface area contributed by atoms with Gasteiger partial charge < -0.3 is 8.98 Å². The minimum atomic E-state index is -3.78. The Labute approximate surface area is 137 Å². The lowest BCUT2D eigenvalue weighted by atomic mass is 10.4. The van der Waals surface area contributed by atoms with Crippen molar-refractivity contribution in [2.45, 2.75) is 18.4 Å². The average molecular weight is 353 g/mol. The van der Waals surface area contributed by atoms with Gasteiger partial charge in [-0.05, 0) is 19.1 Å². The van der Waals surface area contributed by atoms with Gasteiger partial charge in [0, 0.05) is 18.8 Å². The number of nitrogens with zero attached hydrogens (tertiary/aromatic N) is 3. The van der Waals surface area contributed by atoms with E-state index in [4.69, 9.17) is 21.2 Å². The van der Waals surface area contributed by atoms with Crippen molar-refractivity contribution in [3.8, 4) is 0 Å². The molecule has 23 heavy (non-hydrogen) atoms. The van der Waals surface area contributed by atoms with Gasteiger partial charge in [-0.2, -0.15) is 0 Å². The molecular formula is C14H13ClN4O3S. The smallest absolute Gasteiger partial charge is 0.241 e. The lowest BCUT2D eigenvalue weighted by molar-refractivity contribution is 0.514. The van der Waals surface area contributed by atoms with Gasteiger partial charge in [0.1, 0.15) is 33.5 Å². The van der Waals surface area contributed by atoms with Crippen LogP contribution in [0, 0.1) is 6.92 Å². The Morgan fingerprint density at radius 2 is 2.22 bits per heavy atom. The molecule has 0 fully saturated rings. The van der Waals surface area contributed by atoms with Crippen molar-refractivity contribution in [3.63, 3.8) is 0 Å². The fourth-order valence-corrected chi connectivity index (χ4v) is 3.17. The van der Waals surface area contributed by atoms with Crippen molar-refractivity contribution in [3.05, 3.63) is 47.4 Å². The molecule has 0 saturated carbocycles. The largest absolute Gasteiger partial charge is 0.461 e. The van der Waals surface area contributed by atoms with Crippen LogP contribution >= 0.6 is 11.6 Å². The highest BCUT2D eigenvalue weighted by Crippen LogP contribution is 2.21. The van der Waals surface area contributed by atoms with Crippen molar-refractivity contribution in [1.82, 2.24) is 14.5 Å². The fraction of sp³-hybridized carbons (Fsp3) is 0.143. The number of aromatic nitrogens is 3. The highest BCUT2D eigenvalue weighted by molar-refractivity contribution is 7.89. The summed E-state index contributed by atoms with van der Waals surface area (Å²) in [5, 5.41) is 6.28. The van der Waals surface area contributed by atoms with E-state index in [0.29, 0.717) is 17.5 Å². The summed E-state index contributed by atoms with van der Waals surface area (Å²) >= 11 is 6.00. The zero-order chi connectivity index (χ0) is 16.6. The predicted octanol–water partition coefficient (Wildman–Crippen LogP) is 2.35. The van der Waals surface area contributed by atoms with Gasteiger partial charge in [-0.3, -0.25) is 0 Å². The van der Waals surface area contributed by atoms with Crippen LogP contribution < -0.4 is 5.14 Å². The van der Waals surface area contributed by atoms with Crippen LogP contribution in [0.2, 0.25) is 5.15 Å². The standard InChI is InChI=1S/C14H13ClN4O3S/c1-9-12(23(16,20)21)7-10(22-9)3-2-5-19-6-4-11-13(15)17-8-18-14(11)19/h2-4,6-8H,5H2,1H3,(H2,16,20,21)/b3-2+. The number of rotatable bonds is 4. The summed E-state index contributed by atoms with van der Waals surface area (Å²) in [5.74, 6) is 0.675. The Balaban J connectivity index is 1.83. The van der Waals surface area contributed by atoms with Crippen LogP contribution in [0.15, 0.2) is 40.0 Å². The number of sulfonamides is 1. The van der Waals surface area contributed by atoms with E-state index in [0.717, 1.165) is 11.0 Å². The van der Waals surface area contributed by atoms with E-state index in [2.05, 4.69) is 9.97 Å². The Kier molecular flexibility index (Phi) is 3.97. The summed E-state index contributed by atoms with van der Waals surface area (Å²) in [6.45, 7) is 2.07. The molecule has 0 atom stereocenters. The summed E-state index contributed by atoms with van der Waals surface area (Å²) in [6.07, 6.45) is 6.74. The summed E-state index contributed by atoms with van der Waals surface area (Å²) in [7, 11) is -3.78. The van der Waals surface area contributed by atoms with Gasteiger partial charge in [0.2, 0.25) is 10.0 Å². The van der Waals surface area contributed by atoms with Gasteiger partial charge in [-0.1, -0.05) is 17.7 Å². The van der Waals surface area contributed by atoms with E-state index in [1.54, 1.807) is 13.0 Å². The van der Waals surface area contributed by atoms with Crippen molar-refractivity contribution >= 4 is 38.7 Å². The third-order valence-electron chi connectivity index (χ3n) is 3.29. The number of primary sulfonamides is 1. The summed E-state index contributed by atoms with van der Waals surface area (Å²) in [6, 6.07) is 3.23. The number of allylic oxidation sites excluding steroid dienone is 1. The number of aryl methyl sites for hydroxylation is 1. The maximum atomic E-state index is 11.4. The molecule has 120 valence electrons. The number of furan rings is 1. The monoisotopic (exact) mass is 352 g/mol. The molecule has 0 amide bonds. The molecule has 0 saturated heterocycles. The van der Waals surface area contributed by atoms with Gasteiger partial charge in [-0.15, -0.1) is 0 Å². The first kappa shape index (κ1) is 15.7. The normalized spacial score (nSPS) is 12.5. The molecule has 3 aromatic rings. The molecule has 0 bridgehead atoms. The molecule has 0 spiro atoms. The second-order valence-electron chi connectivity index (χ2n) is 4.89. The molecule has 7 nitrogen and oxygen atoms in total. The van der Waals surface area contributed by atoms with E-state index in [9.17, 15) is 8.42 Å². The van der Waals surface area contributed by atoms with E-state index in [1.807, 2.05) is 22.9 Å². The first-order valence-corrected chi connectivity index (χ1v) is 8.54. The highest BCUT2D eigenvalue weighted by atomic mass is 35.5. The number of hydrogen-bond donors (Lipinski definition) is 1. The molecule has 3 aromatic heterocycles. The molecule has 0 aromatic carbocycles. The van der Waals surface area contributed by atoms with Gasteiger partial charge >= 0.3 is 0 Å². The van der Waals surface area contributed by atoms with Crippen LogP contribution in [-0.2, 0) is 16.6 Å². The van der Waals surface area contributed by atoms with Gasteiger partial charge in [0.25, 0.3) is 0 Å². The number of fused-ring (bicyclic) bond motifs is 1. The Morgan fingerprint density at radius 1 is 1.43 bits per heavy atom. The topological polar surface area (TPSA) is 104 Å². The lowest BCUT2D eigenvalue weighted by Gasteiger charge is -1.99. The van der Waals surface area contributed by atoms with Gasteiger partial charge in [-0.25, -0.2) is 23.5 Å². The fourth-order valence-electron chi connectivity index (χ4n) is 2.25. The number of halogens is 1. The molecule has 9 heteroatoms. The van der Waals surface area contributed by atoms with Crippen LogP contribution in [0.3, 0.4) is 0 Å². The first-order valence-electron chi connectivity index (χ1n) is 6.61. The maximum absolute atomic E-state index is 11.4. The highest BCUT2D eigenvalue weighted by Gasteiger charge is 2.16. The first-order chi connectivity index (χ1) is 10.9. The molecule has 0 aliphatic rings. The SMILES string of the molecule is Cc1oc(/C=C/Cn2ccc3c(Cl)ncnc32)cc1S(N)(=O)=O. The van der Waals surface area contributed by atoms with Crippen molar-refractivity contribution in [1.29, 1.82) is 0 Å². The Hall–Kier alpha value is -2.16. The molecule has 3 rings (SSSR count). The van der Waals surface area contributed by atoms with Crippen molar-refractivity contribution < 1.29 is 12.8 Å². The minimum Gasteiger partial charge on any atom is -0.461 e. The molecule has 0 radical (unpaired) electrons. The molecule has 0 aliphatic heterocycles. The van der Waals surface area contributed by atoms with Crippen LogP contribution in [0.25, 0.3) is 17.1 Å². The van der Waals surface area contributed by atoms with Gasteiger partial charge in [0.05, 0.1) is 5.39 Å². The van der Waals surface area contributed by atoms with Crippen LogP contribution in [0.5, 0.6) is 0 Å². The molecule has 0 aliphatic carbocycles. The second kappa shape index (κ2) is 5.80.